The Hall–Kier alpha value is -1.04. The fraction of sp³-hybridized carbons (Fsp3) is 0.538. The van der Waals surface area contributed by atoms with Crippen LogP contribution in [0.1, 0.15) is 19.4 Å². The molecular weight excluding hydrogens is 299 g/mol. The van der Waals surface area contributed by atoms with Gasteiger partial charge in [0.25, 0.3) is 0 Å². The first kappa shape index (κ1) is 21.3. The zero-order chi connectivity index (χ0) is 13.7. The van der Waals surface area contributed by atoms with Crippen LogP contribution in [0, 0.1) is 5.92 Å². The van der Waals surface area contributed by atoms with Crippen molar-refractivity contribution in [3.63, 3.8) is 0 Å². The van der Waals surface area contributed by atoms with Crippen LogP contribution in [0.25, 0.3) is 0 Å². The minimum Gasteiger partial charge on any atom is -0.362 e. The average molecular weight is 323 g/mol. The van der Waals surface area contributed by atoms with E-state index in [0.29, 0.717) is 6.54 Å². The molecule has 7 heteroatoms. The summed E-state index contributed by atoms with van der Waals surface area (Å²) < 4.78 is 0. The monoisotopic (exact) mass is 322 g/mol. The number of carbonyl (C=O) groups is 1. The quantitative estimate of drug-likeness (QED) is 0.863. The van der Waals surface area contributed by atoms with E-state index in [1.165, 1.54) is 0 Å². The van der Waals surface area contributed by atoms with Gasteiger partial charge in [-0.25, -0.2) is 4.98 Å². The number of rotatable bonds is 5. The van der Waals surface area contributed by atoms with Crippen molar-refractivity contribution in [1.82, 2.24) is 10.3 Å². The van der Waals surface area contributed by atoms with Crippen molar-refractivity contribution < 1.29 is 4.79 Å². The van der Waals surface area contributed by atoms with Crippen molar-refractivity contribution in [2.75, 3.05) is 19.0 Å². The molecule has 0 saturated heterocycles. The van der Waals surface area contributed by atoms with Crippen molar-refractivity contribution in [2.24, 2.45) is 11.7 Å². The molecule has 1 heterocycles. The van der Waals surface area contributed by atoms with E-state index < -0.39 is 0 Å². The first-order valence-electron chi connectivity index (χ1n) is 6.08. The Labute approximate surface area is 133 Å². The minimum absolute atomic E-state index is 0. The number of nitrogens with one attached hydrogen (secondary N) is 1. The van der Waals surface area contributed by atoms with Crippen molar-refractivity contribution in [1.29, 1.82) is 0 Å². The van der Waals surface area contributed by atoms with E-state index in [9.17, 15) is 4.79 Å². The Morgan fingerprint density at radius 3 is 2.50 bits per heavy atom. The van der Waals surface area contributed by atoms with Crippen LogP contribution in [-0.2, 0) is 11.3 Å². The van der Waals surface area contributed by atoms with Gasteiger partial charge < -0.3 is 16.0 Å². The highest BCUT2D eigenvalue weighted by Gasteiger charge is 2.17. The molecule has 0 saturated carbocycles. The Kier molecular flexibility index (Phi) is 10.4. The van der Waals surface area contributed by atoms with Crippen LogP contribution in [-0.4, -0.2) is 31.0 Å². The Bertz CT molecular complexity index is 413. The molecule has 0 bridgehead atoms. The molecule has 3 N–H and O–H groups in total. The van der Waals surface area contributed by atoms with Gasteiger partial charge in [0.15, 0.2) is 0 Å². The van der Waals surface area contributed by atoms with Crippen LogP contribution < -0.4 is 16.0 Å². The third kappa shape index (κ3) is 5.94. The second-order valence-corrected chi connectivity index (χ2v) is 4.75. The van der Waals surface area contributed by atoms with Gasteiger partial charge >= 0.3 is 0 Å². The van der Waals surface area contributed by atoms with Crippen molar-refractivity contribution in [3.8, 4) is 0 Å². The molecule has 5 nitrogen and oxygen atoms in total. The highest BCUT2D eigenvalue weighted by molar-refractivity contribution is 5.85. The maximum atomic E-state index is 11.8. The molecule has 20 heavy (non-hydrogen) atoms. The fourth-order valence-corrected chi connectivity index (χ4v) is 1.55. The summed E-state index contributed by atoms with van der Waals surface area (Å²) in [5.74, 6) is 0.647. The predicted octanol–water partition coefficient (Wildman–Crippen LogP) is 1.59. The summed E-state index contributed by atoms with van der Waals surface area (Å²) in [6.45, 7) is 4.13. The number of hydrogen-bond donors (Lipinski definition) is 2. The van der Waals surface area contributed by atoms with Crippen LogP contribution in [0.4, 0.5) is 5.82 Å². The maximum Gasteiger partial charge on any atom is 0.224 e. The summed E-state index contributed by atoms with van der Waals surface area (Å²) in [6.07, 6.45) is 1.74. The Morgan fingerprint density at radius 1 is 1.40 bits per heavy atom. The third-order valence-corrected chi connectivity index (χ3v) is 2.95. The van der Waals surface area contributed by atoms with Gasteiger partial charge in [0.2, 0.25) is 5.91 Å². The van der Waals surface area contributed by atoms with Crippen molar-refractivity contribution in [2.45, 2.75) is 26.4 Å². The van der Waals surface area contributed by atoms with Gasteiger partial charge in [-0.2, -0.15) is 0 Å². The summed E-state index contributed by atoms with van der Waals surface area (Å²) in [4.78, 5) is 18.0. The molecule has 0 fully saturated rings. The van der Waals surface area contributed by atoms with E-state index in [-0.39, 0.29) is 42.7 Å². The van der Waals surface area contributed by atoms with Gasteiger partial charge in [-0.05, 0) is 13.0 Å². The molecule has 0 aliphatic rings. The molecule has 0 aromatic carbocycles. The van der Waals surface area contributed by atoms with Crippen LogP contribution in [0.15, 0.2) is 18.3 Å². The lowest BCUT2D eigenvalue weighted by Gasteiger charge is -2.18. The second-order valence-electron chi connectivity index (χ2n) is 4.75. The summed E-state index contributed by atoms with van der Waals surface area (Å²) in [5, 5.41) is 2.89. The average Bonchev–Trinajstić information content (AvgIpc) is 2.35. The molecule has 0 spiro atoms. The lowest BCUT2D eigenvalue weighted by Crippen LogP contribution is -2.38. The number of nitrogens with two attached hydrogens (primary N) is 1. The smallest absolute Gasteiger partial charge is 0.224 e. The van der Waals surface area contributed by atoms with E-state index in [0.717, 1.165) is 11.4 Å². The normalized spacial score (nSPS) is 12.4. The molecule has 0 aliphatic heterocycles. The van der Waals surface area contributed by atoms with Crippen LogP contribution in [0.2, 0.25) is 0 Å². The highest BCUT2D eigenvalue weighted by atomic mass is 35.5. The van der Waals surface area contributed by atoms with E-state index in [1.807, 2.05) is 45.0 Å². The number of hydrogen-bond acceptors (Lipinski definition) is 4. The SMILES string of the molecule is CC(N)C(C)C(=O)NCc1cccnc1N(C)C.Cl.Cl. The fourth-order valence-electron chi connectivity index (χ4n) is 1.55. The first-order chi connectivity index (χ1) is 8.43. The molecular formula is C13H24Cl2N4O. The molecule has 0 radical (unpaired) electrons. The molecule has 1 aromatic heterocycles. The van der Waals surface area contributed by atoms with Gasteiger partial charge in [-0.1, -0.05) is 13.0 Å². The number of amides is 1. The molecule has 0 aliphatic carbocycles. The maximum absolute atomic E-state index is 11.8. The molecule has 116 valence electrons. The van der Waals surface area contributed by atoms with Gasteiger partial charge in [-0.3, -0.25) is 4.79 Å². The topological polar surface area (TPSA) is 71.2 Å². The zero-order valence-corrected chi connectivity index (χ0v) is 13.9. The standard InChI is InChI=1S/C13H22N4O.2ClH/c1-9(10(2)14)13(18)16-8-11-6-5-7-15-12(11)17(3)4;;/h5-7,9-10H,8,14H2,1-4H3,(H,16,18);2*1H. The van der Waals surface area contributed by atoms with Crippen LogP contribution in [0.3, 0.4) is 0 Å². The Balaban J connectivity index is 0. The van der Waals surface area contributed by atoms with Gasteiger partial charge in [0, 0.05) is 44.4 Å². The number of aromatic nitrogens is 1. The van der Waals surface area contributed by atoms with E-state index >= 15 is 0 Å². The second kappa shape index (κ2) is 9.80. The van der Waals surface area contributed by atoms with Crippen LogP contribution >= 0.6 is 24.8 Å². The molecule has 2 atom stereocenters. The van der Waals surface area contributed by atoms with Crippen molar-refractivity contribution in [3.05, 3.63) is 23.9 Å². The molecule has 2 unspecified atom stereocenters. The first-order valence-corrected chi connectivity index (χ1v) is 6.08. The number of pyridine rings is 1. The van der Waals surface area contributed by atoms with E-state index in [4.69, 9.17) is 5.73 Å². The molecule has 1 amide bonds. The van der Waals surface area contributed by atoms with E-state index in [2.05, 4.69) is 10.3 Å². The number of nitrogens with zero attached hydrogens (tertiary/aromatic N) is 2. The number of anilines is 1. The minimum atomic E-state index is -0.190. The van der Waals surface area contributed by atoms with Gasteiger partial charge in [0.05, 0.1) is 0 Å². The van der Waals surface area contributed by atoms with Gasteiger partial charge in [0.1, 0.15) is 5.82 Å². The van der Waals surface area contributed by atoms with Crippen LogP contribution in [0.5, 0.6) is 0 Å². The van der Waals surface area contributed by atoms with Gasteiger partial charge in [-0.15, -0.1) is 24.8 Å². The number of carbonyl (C=O) groups excluding carboxylic acids is 1. The predicted molar refractivity (Wildman–Crippen MR) is 87.7 cm³/mol. The lowest BCUT2D eigenvalue weighted by atomic mass is 10.0. The number of halogens is 2. The zero-order valence-electron chi connectivity index (χ0n) is 12.3. The molecule has 1 aromatic rings. The van der Waals surface area contributed by atoms with E-state index in [1.54, 1.807) is 6.20 Å². The summed E-state index contributed by atoms with van der Waals surface area (Å²) in [5.41, 5.74) is 6.70. The Morgan fingerprint density at radius 2 is 2.00 bits per heavy atom. The lowest BCUT2D eigenvalue weighted by molar-refractivity contribution is -0.125. The summed E-state index contributed by atoms with van der Waals surface area (Å²) >= 11 is 0. The highest BCUT2D eigenvalue weighted by Crippen LogP contribution is 2.14. The summed E-state index contributed by atoms with van der Waals surface area (Å²) in [7, 11) is 3.86. The largest absolute Gasteiger partial charge is 0.362 e. The molecule has 1 rings (SSSR count). The summed E-state index contributed by atoms with van der Waals surface area (Å²) in [6, 6.07) is 3.68. The van der Waals surface area contributed by atoms with Crippen molar-refractivity contribution >= 4 is 36.5 Å². The third-order valence-electron chi connectivity index (χ3n) is 2.95.